The van der Waals surface area contributed by atoms with Crippen molar-refractivity contribution in [1.82, 2.24) is 10.2 Å². The van der Waals surface area contributed by atoms with Crippen LogP contribution in [0.3, 0.4) is 0 Å². The molecule has 0 radical (unpaired) electrons. The molecule has 0 amide bonds. The molecule has 0 rings (SSSR count). The Morgan fingerprint density at radius 3 is 2.12 bits per heavy atom. The Bertz CT molecular complexity index is 198. The van der Waals surface area contributed by atoms with Crippen LogP contribution in [0.2, 0.25) is 0 Å². The maximum atomic E-state index is 5.44. The van der Waals surface area contributed by atoms with Gasteiger partial charge in [-0.3, -0.25) is 0 Å². The molecule has 0 aromatic rings. The van der Waals surface area contributed by atoms with E-state index in [-0.39, 0.29) is 0 Å². The fourth-order valence-electron chi connectivity index (χ4n) is 1.65. The zero-order valence-electron chi connectivity index (χ0n) is 12.0. The Kier molecular flexibility index (Phi) is 9.46. The molecular formula is C13H28N2OS. The second-order valence-electron chi connectivity index (χ2n) is 5.27. The molecule has 0 aromatic carbocycles. The van der Waals surface area contributed by atoms with E-state index in [1.807, 2.05) is 0 Å². The quantitative estimate of drug-likeness (QED) is 0.535. The minimum atomic E-state index is 0.632. The van der Waals surface area contributed by atoms with Crippen molar-refractivity contribution in [1.29, 1.82) is 0 Å². The van der Waals surface area contributed by atoms with E-state index in [2.05, 4.69) is 37.9 Å². The molecule has 0 heterocycles. The molecule has 0 bridgehead atoms. The van der Waals surface area contributed by atoms with Crippen LogP contribution in [0, 0.1) is 11.8 Å². The highest BCUT2D eigenvalue weighted by Gasteiger charge is 2.12. The number of thiocarbonyl (C=S) groups is 1. The van der Waals surface area contributed by atoms with E-state index in [1.165, 1.54) is 0 Å². The molecule has 3 nitrogen and oxygen atoms in total. The molecule has 0 atom stereocenters. The first-order valence-electron chi connectivity index (χ1n) is 6.49. The lowest BCUT2D eigenvalue weighted by Gasteiger charge is -2.29. The van der Waals surface area contributed by atoms with Gasteiger partial charge in [0.1, 0.15) is 0 Å². The Hall–Kier alpha value is -0.350. The predicted octanol–water partition coefficient (Wildman–Crippen LogP) is 2.51. The van der Waals surface area contributed by atoms with E-state index in [0.717, 1.165) is 37.8 Å². The largest absolute Gasteiger partial charge is 0.385 e. The van der Waals surface area contributed by atoms with Gasteiger partial charge in [0.05, 0.1) is 0 Å². The summed E-state index contributed by atoms with van der Waals surface area (Å²) in [6.07, 6.45) is 0.994. The molecule has 0 unspecified atom stereocenters. The van der Waals surface area contributed by atoms with Crippen LogP contribution in [0.1, 0.15) is 34.1 Å². The first kappa shape index (κ1) is 16.6. The first-order valence-corrected chi connectivity index (χ1v) is 6.89. The fourth-order valence-corrected chi connectivity index (χ4v) is 1.90. The summed E-state index contributed by atoms with van der Waals surface area (Å²) in [5, 5.41) is 4.18. The van der Waals surface area contributed by atoms with Crippen molar-refractivity contribution in [3.8, 4) is 0 Å². The van der Waals surface area contributed by atoms with Gasteiger partial charge in [-0.25, -0.2) is 0 Å². The second kappa shape index (κ2) is 9.66. The molecule has 4 heteroatoms. The standard InChI is InChI=1S/C13H28N2OS/c1-11(2)9-15(10-12(3)4)13(17)14-7-6-8-16-5/h11-12H,6-10H2,1-5H3,(H,14,17). The summed E-state index contributed by atoms with van der Waals surface area (Å²) in [6.45, 7) is 12.6. The van der Waals surface area contributed by atoms with Crippen LogP contribution >= 0.6 is 12.2 Å². The van der Waals surface area contributed by atoms with Gasteiger partial charge in [0, 0.05) is 33.4 Å². The van der Waals surface area contributed by atoms with Gasteiger partial charge in [0.2, 0.25) is 0 Å². The molecule has 0 aliphatic carbocycles. The zero-order valence-corrected chi connectivity index (χ0v) is 12.8. The van der Waals surface area contributed by atoms with Crippen molar-refractivity contribution in [2.75, 3.05) is 33.4 Å². The zero-order chi connectivity index (χ0) is 13.3. The average molecular weight is 260 g/mol. The number of ether oxygens (including phenoxy) is 1. The lowest BCUT2D eigenvalue weighted by atomic mass is 10.1. The Morgan fingerprint density at radius 2 is 1.71 bits per heavy atom. The molecule has 102 valence electrons. The van der Waals surface area contributed by atoms with E-state index in [4.69, 9.17) is 17.0 Å². The minimum absolute atomic E-state index is 0.632. The van der Waals surface area contributed by atoms with Gasteiger partial charge >= 0.3 is 0 Å². The highest BCUT2D eigenvalue weighted by atomic mass is 32.1. The fraction of sp³-hybridized carbons (Fsp3) is 0.923. The minimum Gasteiger partial charge on any atom is -0.385 e. The van der Waals surface area contributed by atoms with Crippen LogP contribution in [-0.4, -0.2) is 43.4 Å². The Labute approximate surface area is 112 Å². The summed E-state index contributed by atoms with van der Waals surface area (Å²) < 4.78 is 5.02. The average Bonchev–Trinajstić information content (AvgIpc) is 2.22. The van der Waals surface area contributed by atoms with Crippen molar-refractivity contribution >= 4 is 17.3 Å². The molecule has 0 aliphatic rings. The van der Waals surface area contributed by atoms with Crippen LogP contribution in [0.5, 0.6) is 0 Å². The van der Waals surface area contributed by atoms with Gasteiger partial charge in [-0.05, 0) is 30.5 Å². The van der Waals surface area contributed by atoms with E-state index < -0.39 is 0 Å². The molecule has 17 heavy (non-hydrogen) atoms. The van der Waals surface area contributed by atoms with Crippen LogP contribution in [0.15, 0.2) is 0 Å². The lowest BCUT2D eigenvalue weighted by Crippen LogP contribution is -2.43. The number of hydrogen-bond acceptors (Lipinski definition) is 2. The van der Waals surface area contributed by atoms with Crippen LogP contribution in [0.4, 0.5) is 0 Å². The van der Waals surface area contributed by atoms with E-state index in [9.17, 15) is 0 Å². The highest BCUT2D eigenvalue weighted by Crippen LogP contribution is 2.04. The first-order chi connectivity index (χ1) is 7.97. The Morgan fingerprint density at radius 1 is 1.18 bits per heavy atom. The third kappa shape index (κ3) is 9.36. The van der Waals surface area contributed by atoms with E-state index >= 15 is 0 Å². The monoisotopic (exact) mass is 260 g/mol. The van der Waals surface area contributed by atoms with Gasteiger partial charge in [-0.15, -0.1) is 0 Å². The van der Waals surface area contributed by atoms with Crippen LogP contribution < -0.4 is 5.32 Å². The van der Waals surface area contributed by atoms with Crippen LogP contribution in [0.25, 0.3) is 0 Å². The summed E-state index contributed by atoms with van der Waals surface area (Å²) in [6, 6.07) is 0. The molecule has 0 saturated heterocycles. The van der Waals surface area contributed by atoms with Gasteiger partial charge in [0.15, 0.2) is 5.11 Å². The maximum absolute atomic E-state index is 5.44. The van der Waals surface area contributed by atoms with Crippen molar-refractivity contribution in [2.45, 2.75) is 34.1 Å². The van der Waals surface area contributed by atoms with Crippen LogP contribution in [-0.2, 0) is 4.74 Å². The van der Waals surface area contributed by atoms with Gasteiger partial charge in [-0.1, -0.05) is 27.7 Å². The normalized spacial score (nSPS) is 11.0. The molecule has 0 spiro atoms. The molecule has 0 aromatic heterocycles. The number of rotatable bonds is 8. The third-order valence-corrected chi connectivity index (χ3v) is 2.66. The van der Waals surface area contributed by atoms with E-state index in [1.54, 1.807) is 7.11 Å². The molecule has 1 N–H and O–H groups in total. The van der Waals surface area contributed by atoms with Crippen molar-refractivity contribution in [3.63, 3.8) is 0 Å². The number of nitrogens with zero attached hydrogens (tertiary/aromatic N) is 1. The van der Waals surface area contributed by atoms with E-state index in [0.29, 0.717) is 11.8 Å². The van der Waals surface area contributed by atoms with Crippen molar-refractivity contribution in [2.24, 2.45) is 11.8 Å². The van der Waals surface area contributed by atoms with Crippen molar-refractivity contribution in [3.05, 3.63) is 0 Å². The summed E-state index contributed by atoms with van der Waals surface area (Å²) in [4.78, 5) is 2.28. The summed E-state index contributed by atoms with van der Waals surface area (Å²) in [7, 11) is 1.72. The highest BCUT2D eigenvalue weighted by molar-refractivity contribution is 7.80. The summed E-state index contributed by atoms with van der Waals surface area (Å²) >= 11 is 5.44. The lowest BCUT2D eigenvalue weighted by molar-refractivity contribution is 0.195. The van der Waals surface area contributed by atoms with Gasteiger partial charge < -0.3 is 15.0 Å². The van der Waals surface area contributed by atoms with Gasteiger partial charge in [-0.2, -0.15) is 0 Å². The smallest absolute Gasteiger partial charge is 0.168 e. The maximum Gasteiger partial charge on any atom is 0.168 e. The number of nitrogens with one attached hydrogen (secondary N) is 1. The summed E-state index contributed by atoms with van der Waals surface area (Å²) in [5.41, 5.74) is 0. The molecular weight excluding hydrogens is 232 g/mol. The summed E-state index contributed by atoms with van der Waals surface area (Å²) in [5.74, 6) is 1.26. The molecule has 0 aliphatic heterocycles. The SMILES string of the molecule is COCCCNC(=S)N(CC(C)C)CC(C)C. The topological polar surface area (TPSA) is 24.5 Å². The number of methoxy groups -OCH3 is 1. The third-order valence-electron chi connectivity index (χ3n) is 2.26. The Balaban J connectivity index is 4.03. The van der Waals surface area contributed by atoms with Crippen molar-refractivity contribution < 1.29 is 4.74 Å². The number of hydrogen-bond donors (Lipinski definition) is 1. The van der Waals surface area contributed by atoms with Gasteiger partial charge in [0.25, 0.3) is 0 Å². The molecule has 0 saturated carbocycles. The predicted molar refractivity (Wildman–Crippen MR) is 78.3 cm³/mol. The molecule has 0 fully saturated rings. The second-order valence-corrected chi connectivity index (χ2v) is 5.66.